The molecule has 0 atom stereocenters. The average Bonchev–Trinajstić information content (AvgIpc) is 2.81. The van der Waals surface area contributed by atoms with E-state index in [9.17, 15) is 4.79 Å². The summed E-state index contributed by atoms with van der Waals surface area (Å²) in [6.07, 6.45) is 5.21. The summed E-state index contributed by atoms with van der Waals surface area (Å²) in [4.78, 5) is 24.6. The van der Waals surface area contributed by atoms with E-state index in [1.54, 1.807) is 6.26 Å². The number of aryl methyl sites for hydroxylation is 1. The van der Waals surface area contributed by atoms with E-state index in [0.29, 0.717) is 35.4 Å². The van der Waals surface area contributed by atoms with Crippen LogP contribution in [0.2, 0.25) is 0 Å². The third kappa shape index (κ3) is 3.82. The highest BCUT2D eigenvalue weighted by atomic mass is 16.3. The Hall–Kier alpha value is -3.51. The summed E-state index contributed by atoms with van der Waals surface area (Å²) in [7, 11) is 0. The highest BCUT2D eigenvalue weighted by molar-refractivity contribution is 5.77. The topological polar surface area (TPSA) is 85.2 Å². The normalized spacial score (nSPS) is 14.0. The van der Waals surface area contributed by atoms with Crippen molar-refractivity contribution >= 4 is 16.7 Å². The molecule has 0 fully saturated rings. The lowest BCUT2D eigenvalue weighted by molar-refractivity contribution is 0.240. The summed E-state index contributed by atoms with van der Waals surface area (Å²) >= 11 is 0. The molecule has 0 radical (unpaired) electrons. The predicted octanol–water partition coefficient (Wildman–Crippen LogP) is 3.95. The second kappa shape index (κ2) is 7.96. The number of nitrogens with two attached hydrogens (primary N) is 1. The zero-order valence-electron chi connectivity index (χ0n) is 17.5. The van der Waals surface area contributed by atoms with Gasteiger partial charge in [0.05, 0.1) is 17.3 Å². The third-order valence-corrected chi connectivity index (χ3v) is 5.89. The highest BCUT2D eigenvalue weighted by Crippen LogP contribution is 2.23. The number of rotatable bonds is 4. The lowest BCUT2D eigenvalue weighted by Crippen LogP contribution is -2.32. The number of nitrogen functional groups attached to an aromatic ring is 1. The van der Waals surface area contributed by atoms with Gasteiger partial charge >= 0.3 is 0 Å². The molecular formula is C25H24N4O2. The van der Waals surface area contributed by atoms with Crippen LogP contribution < -0.4 is 11.2 Å². The van der Waals surface area contributed by atoms with Gasteiger partial charge in [-0.15, -0.1) is 0 Å². The van der Waals surface area contributed by atoms with Crippen LogP contribution in [0.1, 0.15) is 29.3 Å². The summed E-state index contributed by atoms with van der Waals surface area (Å²) in [5, 5.41) is 0.658. The Bertz CT molecular complexity index is 1310. The molecule has 6 nitrogen and oxygen atoms in total. The van der Waals surface area contributed by atoms with Crippen molar-refractivity contribution in [3.8, 4) is 11.4 Å². The van der Waals surface area contributed by atoms with Gasteiger partial charge in [-0.3, -0.25) is 9.69 Å². The molecule has 2 aromatic heterocycles. The number of hydrogen-bond donors (Lipinski definition) is 1. The molecule has 0 amide bonds. The number of aromatic nitrogens is 2. The minimum atomic E-state index is 0.0531. The molecule has 6 heteroatoms. The molecule has 3 heterocycles. The zero-order valence-corrected chi connectivity index (χ0v) is 17.5. The monoisotopic (exact) mass is 412 g/mol. The highest BCUT2D eigenvalue weighted by Gasteiger charge is 2.20. The van der Waals surface area contributed by atoms with Crippen molar-refractivity contribution in [2.75, 3.05) is 12.3 Å². The molecule has 0 spiro atoms. The molecule has 2 aromatic carbocycles. The van der Waals surface area contributed by atoms with Gasteiger partial charge in [-0.05, 0) is 48.4 Å². The second-order valence-corrected chi connectivity index (χ2v) is 8.02. The number of nitrogens with zero attached hydrogens (tertiary/aromatic N) is 3. The van der Waals surface area contributed by atoms with Crippen molar-refractivity contribution in [2.24, 2.45) is 0 Å². The molecule has 4 aromatic rings. The molecule has 2 N–H and O–H groups in total. The molecule has 5 rings (SSSR count). The van der Waals surface area contributed by atoms with E-state index >= 15 is 0 Å². The lowest BCUT2D eigenvalue weighted by Gasteiger charge is -2.27. The van der Waals surface area contributed by atoms with Gasteiger partial charge in [0.2, 0.25) is 0 Å². The molecule has 0 aliphatic carbocycles. The second-order valence-electron chi connectivity index (χ2n) is 8.02. The van der Waals surface area contributed by atoms with Crippen LogP contribution in [-0.4, -0.2) is 21.4 Å². The maximum absolute atomic E-state index is 13.0. The Morgan fingerprint density at radius 1 is 1.16 bits per heavy atom. The van der Waals surface area contributed by atoms with Crippen molar-refractivity contribution in [1.82, 2.24) is 14.9 Å². The molecule has 0 unspecified atom stereocenters. The van der Waals surface area contributed by atoms with Crippen LogP contribution >= 0.6 is 0 Å². The largest absolute Gasteiger partial charge is 0.464 e. The maximum atomic E-state index is 13.0. The van der Waals surface area contributed by atoms with Crippen molar-refractivity contribution in [2.45, 2.75) is 32.9 Å². The predicted molar refractivity (Wildman–Crippen MR) is 122 cm³/mol. The van der Waals surface area contributed by atoms with E-state index in [4.69, 9.17) is 15.1 Å². The fraction of sp³-hybridized carbons (Fsp3) is 0.240. The first-order valence-corrected chi connectivity index (χ1v) is 10.6. The minimum absolute atomic E-state index is 0.0531. The number of anilines is 1. The van der Waals surface area contributed by atoms with Crippen LogP contribution in [0.25, 0.3) is 22.4 Å². The van der Waals surface area contributed by atoms with Crippen LogP contribution in [0, 0.1) is 0 Å². The first-order valence-electron chi connectivity index (χ1n) is 10.6. The van der Waals surface area contributed by atoms with Crippen LogP contribution in [-0.2, 0) is 25.9 Å². The van der Waals surface area contributed by atoms with E-state index in [1.807, 2.05) is 48.7 Å². The summed E-state index contributed by atoms with van der Waals surface area (Å²) in [6, 6.07) is 13.4. The fourth-order valence-electron chi connectivity index (χ4n) is 4.07. The summed E-state index contributed by atoms with van der Waals surface area (Å²) in [5.41, 5.74) is 12.1. The van der Waals surface area contributed by atoms with Gasteiger partial charge in [0.1, 0.15) is 5.58 Å². The van der Waals surface area contributed by atoms with E-state index in [-0.39, 0.29) is 5.43 Å². The van der Waals surface area contributed by atoms with Crippen LogP contribution in [0.15, 0.2) is 64.1 Å². The van der Waals surface area contributed by atoms with E-state index in [0.717, 1.165) is 47.5 Å². The molecule has 1 aliphatic rings. The third-order valence-electron chi connectivity index (χ3n) is 5.89. The first-order chi connectivity index (χ1) is 15.1. The molecule has 31 heavy (non-hydrogen) atoms. The van der Waals surface area contributed by atoms with Crippen LogP contribution in [0.3, 0.4) is 0 Å². The van der Waals surface area contributed by atoms with Gasteiger partial charge in [0.15, 0.2) is 11.3 Å². The fourth-order valence-corrected chi connectivity index (χ4v) is 4.07. The van der Waals surface area contributed by atoms with E-state index in [1.165, 1.54) is 0 Å². The van der Waals surface area contributed by atoms with E-state index in [2.05, 4.69) is 16.8 Å². The molecule has 0 saturated carbocycles. The number of hydrogen-bond acceptors (Lipinski definition) is 6. The van der Waals surface area contributed by atoms with Gasteiger partial charge in [-0.1, -0.05) is 13.0 Å². The van der Waals surface area contributed by atoms with E-state index < -0.39 is 0 Å². The SMILES string of the molecule is CCc1ccc2occ(CN3CCc4nc(-c5ccc(N)cc5)ncc4C3)c(=O)c2c1. The molecule has 1 aliphatic heterocycles. The minimum Gasteiger partial charge on any atom is -0.464 e. The van der Waals surface area contributed by atoms with Crippen molar-refractivity contribution in [1.29, 1.82) is 0 Å². The quantitative estimate of drug-likeness (QED) is 0.511. The Labute approximate surface area is 180 Å². The smallest absolute Gasteiger partial charge is 0.197 e. The molecular weight excluding hydrogens is 388 g/mol. The summed E-state index contributed by atoms with van der Waals surface area (Å²) in [6.45, 7) is 4.17. The average molecular weight is 412 g/mol. The number of benzene rings is 2. The van der Waals surface area contributed by atoms with Crippen molar-refractivity contribution in [3.05, 3.63) is 87.5 Å². The van der Waals surface area contributed by atoms with Gasteiger partial charge in [-0.25, -0.2) is 9.97 Å². The zero-order chi connectivity index (χ0) is 21.4. The van der Waals surface area contributed by atoms with Gasteiger partial charge in [0, 0.05) is 54.6 Å². The Morgan fingerprint density at radius 3 is 2.81 bits per heavy atom. The summed E-state index contributed by atoms with van der Waals surface area (Å²) in [5.74, 6) is 0.717. The molecule has 156 valence electrons. The van der Waals surface area contributed by atoms with Crippen LogP contribution in [0.4, 0.5) is 5.69 Å². The summed E-state index contributed by atoms with van der Waals surface area (Å²) < 4.78 is 5.75. The van der Waals surface area contributed by atoms with Crippen molar-refractivity contribution in [3.63, 3.8) is 0 Å². The van der Waals surface area contributed by atoms with Gasteiger partial charge in [0.25, 0.3) is 0 Å². The van der Waals surface area contributed by atoms with Gasteiger partial charge < -0.3 is 10.2 Å². The Balaban J connectivity index is 1.37. The first kappa shape index (κ1) is 19.5. The van der Waals surface area contributed by atoms with Crippen molar-refractivity contribution < 1.29 is 4.42 Å². The number of fused-ring (bicyclic) bond motifs is 2. The lowest BCUT2D eigenvalue weighted by atomic mass is 10.0. The standard InChI is InChI=1S/C25H24N4O2/c1-2-16-3-8-23-21(11-16)24(30)19(15-31-23)14-29-10-9-22-18(13-29)12-27-25(28-22)17-4-6-20(26)7-5-17/h3-8,11-12,15H,2,9-10,13-14,26H2,1H3. The molecule has 0 saturated heterocycles. The maximum Gasteiger partial charge on any atom is 0.197 e. The van der Waals surface area contributed by atoms with Gasteiger partial charge in [-0.2, -0.15) is 0 Å². The Kier molecular flexibility index (Phi) is 5.00. The molecule has 0 bridgehead atoms. The Morgan fingerprint density at radius 2 is 2.00 bits per heavy atom. The van der Waals surface area contributed by atoms with Crippen LogP contribution in [0.5, 0.6) is 0 Å².